The van der Waals surface area contributed by atoms with Gasteiger partial charge in [-0.15, -0.1) is 0 Å². The molecule has 2 N–H and O–H groups in total. The van der Waals surface area contributed by atoms with Crippen molar-refractivity contribution in [2.75, 3.05) is 18.4 Å². The molecular weight excluding hydrogens is 350 g/mol. The third-order valence-corrected chi connectivity index (χ3v) is 4.93. The Morgan fingerprint density at radius 1 is 0.920 bits per heavy atom. The standard InChI is InChI=1S/C20H24ClN3S/c21-18-8-10-19(11-9-18)23-20(25)22-14-16-4-6-17(7-5-16)15-24-12-2-1-3-13-24/h4-11H,1-3,12-15H2,(H2,22,23,25). The Hall–Kier alpha value is -1.62. The second-order valence-electron chi connectivity index (χ2n) is 6.47. The van der Waals surface area contributed by atoms with Crippen LogP contribution < -0.4 is 10.6 Å². The predicted octanol–water partition coefficient (Wildman–Crippen LogP) is 4.81. The van der Waals surface area contributed by atoms with Gasteiger partial charge in [-0.2, -0.15) is 0 Å². The molecule has 1 aliphatic heterocycles. The third kappa shape index (κ3) is 5.99. The van der Waals surface area contributed by atoms with E-state index in [2.05, 4.69) is 39.8 Å². The average molecular weight is 374 g/mol. The molecule has 0 saturated carbocycles. The first kappa shape index (κ1) is 18.2. The molecule has 1 aliphatic rings. The Bertz CT molecular complexity index is 679. The molecule has 3 nitrogen and oxygen atoms in total. The first-order chi connectivity index (χ1) is 12.2. The molecule has 1 saturated heterocycles. The number of hydrogen-bond acceptors (Lipinski definition) is 2. The highest BCUT2D eigenvalue weighted by Crippen LogP contribution is 2.14. The lowest BCUT2D eigenvalue weighted by atomic mass is 10.1. The SMILES string of the molecule is S=C(NCc1ccc(CN2CCCCC2)cc1)Nc1ccc(Cl)cc1. The summed E-state index contributed by atoms with van der Waals surface area (Å²) in [5.41, 5.74) is 3.54. The zero-order valence-electron chi connectivity index (χ0n) is 14.3. The molecule has 25 heavy (non-hydrogen) atoms. The number of rotatable bonds is 5. The second kappa shape index (κ2) is 9.18. The van der Waals surface area contributed by atoms with Crippen molar-refractivity contribution in [1.82, 2.24) is 10.2 Å². The summed E-state index contributed by atoms with van der Waals surface area (Å²) >= 11 is 11.2. The van der Waals surface area contributed by atoms with Crippen molar-refractivity contribution in [1.29, 1.82) is 0 Å². The molecule has 0 radical (unpaired) electrons. The van der Waals surface area contributed by atoms with Crippen LogP contribution in [-0.4, -0.2) is 23.1 Å². The van der Waals surface area contributed by atoms with Gasteiger partial charge in [-0.25, -0.2) is 0 Å². The van der Waals surface area contributed by atoms with Crippen molar-refractivity contribution in [3.63, 3.8) is 0 Å². The van der Waals surface area contributed by atoms with E-state index in [0.717, 1.165) is 12.2 Å². The van der Waals surface area contributed by atoms with E-state index in [1.165, 1.54) is 43.5 Å². The third-order valence-electron chi connectivity index (χ3n) is 4.43. The topological polar surface area (TPSA) is 27.3 Å². The summed E-state index contributed by atoms with van der Waals surface area (Å²) in [5.74, 6) is 0. The number of likely N-dealkylation sites (tertiary alicyclic amines) is 1. The lowest BCUT2D eigenvalue weighted by Gasteiger charge is -2.26. The molecule has 3 rings (SSSR count). The van der Waals surface area contributed by atoms with Crippen LogP contribution >= 0.6 is 23.8 Å². The van der Waals surface area contributed by atoms with Gasteiger partial charge in [0.1, 0.15) is 0 Å². The van der Waals surface area contributed by atoms with Gasteiger partial charge in [0.2, 0.25) is 0 Å². The maximum atomic E-state index is 5.88. The van der Waals surface area contributed by atoms with E-state index in [1.54, 1.807) is 0 Å². The molecule has 0 unspecified atom stereocenters. The van der Waals surface area contributed by atoms with Crippen LogP contribution in [-0.2, 0) is 13.1 Å². The van der Waals surface area contributed by atoms with Crippen molar-refractivity contribution in [3.05, 3.63) is 64.7 Å². The summed E-state index contributed by atoms with van der Waals surface area (Å²) in [5, 5.41) is 7.73. The molecule has 0 aliphatic carbocycles. The zero-order chi connectivity index (χ0) is 17.5. The molecule has 0 aromatic heterocycles. The van der Waals surface area contributed by atoms with E-state index in [0.29, 0.717) is 16.7 Å². The van der Waals surface area contributed by atoms with Crippen LogP contribution in [0.15, 0.2) is 48.5 Å². The van der Waals surface area contributed by atoms with Crippen molar-refractivity contribution in [2.24, 2.45) is 0 Å². The summed E-state index contributed by atoms with van der Waals surface area (Å²) in [6.07, 6.45) is 4.05. The lowest BCUT2D eigenvalue weighted by Crippen LogP contribution is -2.29. The van der Waals surface area contributed by atoms with Crippen LogP contribution in [0, 0.1) is 0 Å². The van der Waals surface area contributed by atoms with Crippen molar-refractivity contribution < 1.29 is 0 Å². The fraction of sp³-hybridized carbons (Fsp3) is 0.350. The van der Waals surface area contributed by atoms with Crippen LogP contribution in [0.5, 0.6) is 0 Å². The average Bonchev–Trinajstić information content (AvgIpc) is 2.64. The molecule has 0 atom stereocenters. The normalized spacial score (nSPS) is 14.9. The minimum absolute atomic E-state index is 0.611. The van der Waals surface area contributed by atoms with Gasteiger partial charge in [0.05, 0.1) is 0 Å². The van der Waals surface area contributed by atoms with Crippen molar-refractivity contribution in [3.8, 4) is 0 Å². The predicted molar refractivity (Wildman–Crippen MR) is 110 cm³/mol. The van der Waals surface area contributed by atoms with Crippen LogP contribution in [0.25, 0.3) is 0 Å². The molecule has 2 aromatic rings. The summed E-state index contributed by atoms with van der Waals surface area (Å²) in [4.78, 5) is 2.54. The Morgan fingerprint density at radius 2 is 1.56 bits per heavy atom. The summed E-state index contributed by atoms with van der Waals surface area (Å²) in [6.45, 7) is 4.23. The largest absolute Gasteiger partial charge is 0.358 e. The summed E-state index contributed by atoms with van der Waals surface area (Å²) < 4.78 is 0. The molecule has 2 aromatic carbocycles. The van der Waals surface area contributed by atoms with Gasteiger partial charge in [0.15, 0.2) is 5.11 Å². The quantitative estimate of drug-likeness (QED) is 0.735. The van der Waals surface area contributed by atoms with Crippen LogP contribution in [0.3, 0.4) is 0 Å². The molecular formula is C20H24ClN3S. The minimum Gasteiger partial charge on any atom is -0.358 e. The molecule has 0 spiro atoms. The Balaban J connectivity index is 1.44. The Morgan fingerprint density at radius 3 is 2.24 bits per heavy atom. The molecule has 5 heteroatoms. The minimum atomic E-state index is 0.611. The maximum absolute atomic E-state index is 5.88. The number of thiocarbonyl (C=S) groups is 1. The molecule has 1 fully saturated rings. The van der Waals surface area contributed by atoms with Gasteiger partial charge in [-0.05, 0) is 73.5 Å². The van der Waals surface area contributed by atoms with Gasteiger partial charge in [-0.1, -0.05) is 42.3 Å². The molecule has 1 heterocycles. The van der Waals surface area contributed by atoms with E-state index < -0.39 is 0 Å². The van der Waals surface area contributed by atoms with E-state index in [1.807, 2.05) is 24.3 Å². The number of nitrogens with one attached hydrogen (secondary N) is 2. The molecule has 0 amide bonds. The van der Waals surface area contributed by atoms with Crippen LogP contribution in [0.1, 0.15) is 30.4 Å². The van der Waals surface area contributed by atoms with Gasteiger partial charge >= 0.3 is 0 Å². The molecule has 132 valence electrons. The number of benzene rings is 2. The Kier molecular flexibility index (Phi) is 6.68. The highest BCUT2D eigenvalue weighted by Gasteiger charge is 2.10. The number of piperidine rings is 1. The summed E-state index contributed by atoms with van der Waals surface area (Å²) in [7, 11) is 0. The number of nitrogens with zero attached hydrogens (tertiary/aromatic N) is 1. The molecule has 0 bridgehead atoms. The van der Waals surface area contributed by atoms with E-state index in [9.17, 15) is 0 Å². The fourth-order valence-electron chi connectivity index (χ4n) is 3.03. The zero-order valence-corrected chi connectivity index (χ0v) is 15.9. The highest BCUT2D eigenvalue weighted by atomic mass is 35.5. The van der Waals surface area contributed by atoms with Gasteiger partial charge in [-0.3, -0.25) is 4.90 Å². The van der Waals surface area contributed by atoms with E-state index >= 15 is 0 Å². The highest BCUT2D eigenvalue weighted by molar-refractivity contribution is 7.80. The van der Waals surface area contributed by atoms with Gasteiger partial charge in [0, 0.05) is 23.8 Å². The van der Waals surface area contributed by atoms with Gasteiger partial charge in [0.25, 0.3) is 0 Å². The van der Waals surface area contributed by atoms with E-state index in [-0.39, 0.29) is 0 Å². The first-order valence-electron chi connectivity index (χ1n) is 8.80. The smallest absolute Gasteiger partial charge is 0.171 e. The number of halogens is 1. The summed E-state index contributed by atoms with van der Waals surface area (Å²) in [6, 6.07) is 16.3. The monoisotopic (exact) mass is 373 g/mol. The Labute approximate surface area is 160 Å². The first-order valence-corrected chi connectivity index (χ1v) is 9.58. The van der Waals surface area contributed by atoms with Crippen LogP contribution in [0.4, 0.5) is 5.69 Å². The van der Waals surface area contributed by atoms with Crippen molar-refractivity contribution in [2.45, 2.75) is 32.4 Å². The maximum Gasteiger partial charge on any atom is 0.171 e. The fourth-order valence-corrected chi connectivity index (χ4v) is 3.35. The number of anilines is 1. The van der Waals surface area contributed by atoms with E-state index in [4.69, 9.17) is 23.8 Å². The van der Waals surface area contributed by atoms with Crippen molar-refractivity contribution >= 4 is 34.6 Å². The number of hydrogen-bond donors (Lipinski definition) is 2. The van der Waals surface area contributed by atoms with Crippen LogP contribution in [0.2, 0.25) is 5.02 Å². The lowest BCUT2D eigenvalue weighted by molar-refractivity contribution is 0.221. The van der Waals surface area contributed by atoms with Gasteiger partial charge < -0.3 is 10.6 Å². The second-order valence-corrected chi connectivity index (χ2v) is 7.31.